The largest absolute Gasteiger partial charge is 0.476 e. The number of aliphatic hydroxyl groups is 2. The summed E-state index contributed by atoms with van der Waals surface area (Å²) in [6.07, 6.45) is 0.925. The topological polar surface area (TPSA) is 137 Å². The normalized spacial score (nSPS) is 10.3. The van der Waals surface area contributed by atoms with Crippen LogP contribution in [0.1, 0.15) is 12.8 Å². The van der Waals surface area contributed by atoms with Crippen molar-refractivity contribution < 1.29 is 19.7 Å². The average molecular weight is 258 g/mol. The minimum absolute atomic E-state index is 0.0119. The molecule has 0 aromatic carbocycles. The summed E-state index contributed by atoms with van der Waals surface area (Å²) in [5, 5.41) is 17.3. The number of nitrogens with zero attached hydrogens (tertiary/aromatic N) is 2. The molecule has 1 aromatic heterocycles. The Morgan fingerprint density at radius 2 is 1.33 bits per heavy atom. The van der Waals surface area contributed by atoms with Gasteiger partial charge in [0.2, 0.25) is 17.7 Å². The molecule has 0 bridgehead atoms. The predicted octanol–water partition coefficient (Wildman–Crippen LogP) is -0.837. The van der Waals surface area contributed by atoms with Crippen molar-refractivity contribution in [2.45, 2.75) is 12.8 Å². The fourth-order valence-electron chi connectivity index (χ4n) is 1.13. The average Bonchev–Trinajstić information content (AvgIpc) is 2.35. The van der Waals surface area contributed by atoms with Crippen LogP contribution >= 0.6 is 0 Å². The van der Waals surface area contributed by atoms with Crippen molar-refractivity contribution in [3.63, 3.8) is 0 Å². The van der Waals surface area contributed by atoms with E-state index in [1.807, 2.05) is 0 Å². The number of aliphatic hydroxyl groups excluding tert-OH is 2. The Kier molecular flexibility index (Phi) is 5.95. The molecule has 0 unspecified atom stereocenters. The van der Waals surface area contributed by atoms with Crippen LogP contribution in [0.15, 0.2) is 0 Å². The lowest BCUT2D eigenvalue weighted by Crippen LogP contribution is -2.10. The summed E-state index contributed by atoms with van der Waals surface area (Å²) >= 11 is 0. The molecule has 0 aliphatic carbocycles. The Bertz CT molecular complexity index is 344. The first-order valence-corrected chi connectivity index (χ1v) is 5.59. The fraction of sp³-hybridized carbons (Fsp3) is 0.600. The molecule has 18 heavy (non-hydrogen) atoms. The van der Waals surface area contributed by atoms with Gasteiger partial charge in [0.25, 0.3) is 0 Å². The smallest absolute Gasteiger partial charge is 0.246 e. The molecule has 0 aliphatic rings. The second kappa shape index (κ2) is 7.51. The first kappa shape index (κ1) is 14.3. The minimum atomic E-state index is -0.0119. The molecular formula is C10H18N4O4. The van der Waals surface area contributed by atoms with Crippen molar-refractivity contribution in [3.8, 4) is 11.8 Å². The Morgan fingerprint density at radius 1 is 0.889 bits per heavy atom. The molecule has 0 atom stereocenters. The van der Waals surface area contributed by atoms with Gasteiger partial charge >= 0.3 is 0 Å². The van der Waals surface area contributed by atoms with Gasteiger partial charge in [0.05, 0.1) is 13.2 Å². The lowest BCUT2D eigenvalue weighted by molar-refractivity contribution is 0.223. The van der Waals surface area contributed by atoms with Crippen molar-refractivity contribution >= 4 is 11.6 Å². The van der Waals surface area contributed by atoms with Crippen LogP contribution in [0, 0.1) is 0 Å². The molecule has 0 aliphatic heterocycles. The zero-order valence-corrected chi connectivity index (χ0v) is 10.0. The van der Waals surface area contributed by atoms with E-state index in [0.717, 1.165) is 0 Å². The maximum absolute atomic E-state index is 8.65. The van der Waals surface area contributed by atoms with Crippen LogP contribution in [0.25, 0.3) is 0 Å². The van der Waals surface area contributed by atoms with E-state index >= 15 is 0 Å². The maximum Gasteiger partial charge on any atom is 0.246 e. The summed E-state index contributed by atoms with van der Waals surface area (Å²) in [5.41, 5.74) is 11.4. The van der Waals surface area contributed by atoms with Gasteiger partial charge in [-0.3, -0.25) is 0 Å². The molecule has 0 saturated heterocycles. The van der Waals surface area contributed by atoms with Crippen molar-refractivity contribution in [2.75, 3.05) is 37.9 Å². The first-order valence-electron chi connectivity index (χ1n) is 5.59. The van der Waals surface area contributed by atoms with Crippen LogP contribution in [-0.4, -0.2) is 46.6 Å². The number of nitrogens with two attached hydrogens (primary N) is 2. The van der Waals surface area contributed by atoms with Crippen LogP contribution in [0.2, 0.25) is 0 Å². The summed E-state index contributed by atoms with van der Waals surface area (Å²) in [7, 11) is 0. The van der Waals surface area contributed by atoms with E-state index in [2.05, 4.69) is 9.97 Å². The van der Waals surface area contributed by atoms with Crippen molar-refractivity contribution in [1.82, 2.24) is 9.97 Å². The molecule has 1 rings (SSSR count). The number of nitrogen functional groups attached to an aromatic ring is 2. The van der Waals surface area contributed by atoms with Crippen LogP contribution in [0.5, 0.6) is 11.8 Å². The highest BCUT2D eigenvalue weighted by Gasteiger charge is 2.13. The molecule has 8 heteroatoms. The van der Waals surface area contributed by atoms with Crippen LogP contribution in [0.4, 0.5) is 11.6 Å². The lowest BCUT2D eigenvalue weighted by atomic mass is 10.4. The summed E-state index contributed by atoms with van der Waals surface area (Å²) in [6.45, 7) is 0.571. The second-order valence-corrected chi connectivity index (χ2v) is 3.46. The number of hydrogen-bond acceptors (Lipinski definition) is 8. The number of hydrogen-bond donors (Lipinski definition) is 4. The number of ether oxygens (including phenoxy) is 2. The molecule has 0 radical (unpaired) electrons. The highest BCUT2D eigenvalue weighted by atomic mass is 16.5. The van der Waals surface area contributed by atoms with Crippen molar-refractivity contribution in [3.05, 3.63) is 0 Å². The Hall–Kier alpha value is -1.80. The third kappa shape index (κ3) is 4.22. The van der Waals surface area contributed by atoms with E-state index in [9.17, 15) is 0 Å². The van der Waals surface area contributed by atoms with Crippen LogP contribution in [-0.2, 0) is 0 Å². The van der Waals surface area contributed by atoms with Crippen LogP contribution < -0.4 is 20.9 Å². The maximum atomic E-state index is 8.65. The van der Waals surface area contributed by atoms with Gasteiger partial charge in [-0.1, -0.05) is 0 Å². The molecule has 0 saturated carbocycles. The Morgan fingerprint density at radius 3 is 1.72 bits per heavy atom. The first-order chi connectivity index (χ1) is 8.69. The molecule has 6 N–H and O–H groups in total. The van der Waals surface area contributed by atoms with Gasteiger partial charge in [-0.25, -0.2) is 0 Å². The summed E-state index contributed by atoms with van der Waals surface area (Å²) in [6, 6.07) is 0. The summed E-state index contributed by atoms with van der Waals surface area (Å²) in [5.74, 6) is 0.257. The zero-order chi connectivity index (χ0) is 13.4. The van der Waals surface area contributed by atoms with Crippen LogP contribution in [0.3, 0.4) is 0 Å². The van der Waals surface area contributed by atoms with Gasteiger partial charge in [0, 0.05) is 26.1 Å². The Balaban J connectivity index is 2.71. The third-order valence-electron chi connectivity index (χ3n) is 1.98. The molecule has 8 nitrogen and oxygen atoms in total. The molecule has 1 aromatic rings. The highest BCUT2D eigenvalue weighted by molar-refractivity contribution is 5.58. The summed E-state index contributed by atoms with van der Waals surface area (Å²) < 4.78 is 10.5. The van der Waals surface area contributed by atoms with E-state index in [1.54, 1.807) is 0 Å². The molecule has 1 heterocycles. The number of aromatic nitrogens is 2. The van der Waals surface area contributed by atoms with E-state index in [0.29, 0.717) is 12.8 Å². The quantitative estimate of drug-likeness (QED) is 0.443. The SMILES string of the molecule is Nc1nc(OCCCO)c(N)c(OCCCO)n1. The number of anilines is 2. The molecule has 102 valence electrons. The van der Waals surface area contributed by atoms with Gasteiger partial charge in [-0.2, -0.15) is 9.97 Å². The van der Waals surface area contributed by atoms with Gasteiger partial charge in [0.1, 0.15) is 0 Å². The summed E-state index contributed by atoms with van der Waals surface area (Å²) in [4.78, 5) is 7.68. The molecule has 0 spiro atoms. The van der Waals surface area contributed by atoms with Gasteiger partial charge in [-0.05, 0) is 0 Å². The predicted molar refractivity (Wildman–Crippen MR) is 65.3 cm³/mol. The molecule has 0 amide bonds. The second-order valence-electron chi connectivity index (χ2n) is 3.46. The fourth-order valence-corrected chi connectivity index (χ4v) is 1.13. The zero-order valence-electron chi connectivity index (χ0n) is 10.0. The van der Waals surface area contributed by atoms with Gasteiger partial charge < -0.3 is 31.2 Å². The lowest BCUT2D eigenvalue weighted by Gasteiger charge is -2.11. The van der Waals surface area contributed by atoms with Crippen molar-refractivity contribution in [2.24, 2.45) is 0 Å². The van der Waals surface area contributed by atoms with E-state index in [-0.39, 0.29) is 49.8 Å². The molecule has 0 fully saturated rings. The van der Waals surface area contributed by atoms with Crippen molar-refractivity contribution in [1.29, 1.82) is 0 Å². The Labute approximate surface area is 105 Å². The van der Waals surface area contributed by atoms with E-state index in [1.165, 1.54) is 0 Å². The minimum Gasteiger partial charge on any atom is -0.476 e. The third-order valence-corrected chi connectivity index (χ3v) is 1.98. The monoisotopic (exact) mass is 258 g/mol. The van der Waals surface area contributed by atoms with E-state index in [4.69, 9.17) is 31.2 Å². The standard InChI is InChI=1S/C10H18N4O4/c11-7-8(17-5-1-3-15)13-10(12)14-9(7)18-6-2-4-16/h15-16H,1-6,11H2,(H2,12,13,14). The highest BCUT2D eigenvalue weighted by Crippen LogP contribution is 2.28. The van der Waals surface area contributed by atoms with Gasteiger partial charge in [0.15, 0.2) is 5.69 Å². The van der Waals surface area contributed by atoms with Gasteiger partial charge in [-0.15, -0.1) is 0 Å². The van der Waals surface area contributed by atoms with E-state index < -0.39 is 0 Å². The molecular weight excluding hydrogens is 240 g/mol. The number of rotatable bonds is 8.